The first kappa shape index (κ1) is 10.5. The first-order chi connectivity index (χ1) is 8.77. The minimum absolute atomic E-state index is 0.323. The highest BCUT2D eigenvalue weighted by atomic mass is 16.1. The van der Waals surface area contributed by atoms with Crippen molar-refractivity contribution in [2.24, 2.45) is 29.6 Å². The molecule has 1 aromatic rings. The lowest BCUT2D eigenvalue weighted by Crippen LogP contribution is -2.10. The molecule has 0 aromatic heterocycles. The molecule has 1 nitrogen and oxygen atoms in total. The van der Waals surface area contributed by atoms with Gasteiger partial charge in [-0.2, -0.15) is 0 Å². The maximum atomic E-state index is 12.5. The van der Waals surface area contributed by atoms with E-state index in [-0.39, 0.29) is 0 Å². The highest BCUT2D eigenvalue weighted by Crippen LogP contribution is 2.70. The molecule has 3 saturated carbocycles. The van der Waals surface area contributed by atoms with Gasteiger partial charge in [0.1, 0.15) is 0 Å². The molecule has 1 heteroatoms. The van der Waals surface area contributed by atoms with Crippen LogP contribution in [0.25, 0.3) is 5.57 Å². The van der Waals surface area contributed by atoms with E-state index in [1.165, 1.54) is 19.3 Å². The molecule has 0 saturated heterocycles. The molecule has 0 radical (unpaired) electrons. The van der Waals surface area contributed by atoms with Gasteiger partial charge >= 0.3 is 0 Å². The Bertz CT molecular complexity index is 500. The van der Waals surface area contributed by atoms with Crippen LogP contribution in [0.15, 0.2) is 36.9 Å². The summed E-state index contributed by atoms with van der Waals surface area (Å²) in [6, 6.07) is 9.92. The summed E-state index contributed by atoms with van der Waals surface area (Å²) in [5.74, 6) is 3.81. The average molecular weight is 238 g/mol. The second kappa shape index (κ2) is 3.57. The zero-order chi connectivity index (χ0) is 12.3. The monoisotopic (exact) mass is 238 g/mol. The summed E-state index contributed by atoms with van der Waals surface area (Å²) >= 11 is 0. The molecular formula is C17H18O. The maximum Gasteiger partial charge on any atom is 0.166 e. The molecular weight excluding hydrogens is 220 g/mol. The Kier molecular flexibility index (Phi) is 2.09. The Hall–Kier alpha value is -1.37. The first-order valence-corrected chi connectivity index (χ1v) is 7.06. The normalized spacial score (nSPS) is 39.4. The average Bonchev–Trinajstić information content (AvgIpc) is 2.85. The smallest absolute Gasteiger partial charge is 0.166 e. The van der Waals surface area contributed by atoms with Crippen molar-refractivity contribution in [3.8, 4) is 0 Å². The number of hydrogen-bond donors (Lipinski definition) is 0. The number of hydrogen-bond acceptors (Lipinski definition) is 1. The summed E-state index contributed by atoms with van der Waals surface area (Å²) in [5.41, 5.74) is 1.73. The van der Waals surface area contributed by atoms with Crippen molar-refractivity contribution in [1.82, 2.24) is 0 Å². The van der Waals surface area contributed by atoms with Gasteiger partial charge in [0.15, 0.2) is 5.78 Å². The summed E-state index contributed by atoms with van der Waals surface area (Å²) in [6.07, 6.45) is 4.14. The van der Waals surface area contributed by atoms with E-state index in [0.29, 0.717) is 11.7 Å². The van der Waals surface area contributed by atoms with Crippen LogP contribution in [0.2, 0.25) is 0 Å². The topological polar surface area (TPSA) is 17.1 Å². The number of allylic oxidation sites excluding steroid dienone is 1. The molecule has 1 aromatic carbocycles. The molecule has 3 fully saturated rings. The standard InChI is InChI=1S/C17H18O/c1-10(11-5-3-2-4-6-11)17(18)16-14-12-7-8-13(9-12)15(14)16/h2-6,12-16H,1,7-9H2. The lowest BCUT2D eigenvalue weighted by Gasteiger charge is -2.09. The number of benzene rings is 1. The zero-order valence-electron chi connectivity index (χ0n) is 10.5. The van der Waals surface area contributed by atoms with Crippen LogP contribution in [-0.2, 0) is 4.79 Å². The lowest BCUT2D eigenvalue weighted by molar-refractivity contribution is -0.115. The Morgan fingerprint density at radius 3 is 2.28 bits per heavy atom. The largest absolute Gasteiger partial charge is 0.294 e. The minimum Gasteiger partial charge on any atom is -0.294 e. The van der Waals surface area contributed by atoms with Crippen LogP contribution in [0.4, 0.5) is 0 Å². The molecule has 4 rings (SSSR count). The van der Waals surface area contributed by atoms with Crippen LogP contribution in [-0.4, -0.2) is 5.78 Å². The van der Waals surface area contributed by atoms with Gasteiger partial charge in [0, 0.05) is 11.5 Å². The Balaban J connectivity index is 1.54. The van der Waals surface area contributed by atoms with E-state index < -0.39 is 0 Å². The second-order valence-electron chi connectivity index (χ2n) is 6.22. The maximum absolute atomic E-state index is 12.5. The molecule has 3 aliphatic carbocycles. The fraction of sp³-hybridized carbons (Fsp3) is 0.471. The number of ketones is 1. The lowest BCUT2D eigenvalue weighted by atomic mass is 9.94. The quantitative estimate of drug-likeness (QED) is 0.736. The minimum atomic E-state index is 0.323. The van der Waals surface area contributed by atoms with Gasteiger partial charge in [0.05, 0.1) is 0 Å². The Morgan fingerprint density at radius 2 is 1.67 bits per heavy atom. The number of carbonyl (C=O) groups is 1. The van der Waals surface area contributed by atoms with E-state index in [9.17, 15) is 4.79 Å². The fourth-order valence-corrected chi connectivity index (χ4v) is 4.66. The highest BCUT2D eigenvalue weighted by molar-refractivity contribution is 6.22. The van der Waals surface area contributed by atoms with E-state index in [1.54, 1.807) is 0 Å². The van der Waals surface area contributed by atoms with Crippen LogP contribution >= 0.6 is 0 Å². The SMILES string of the molecule is C=C(C(=O)C1C2C3CCC(C3)C12)c1ccccc1. The summed E-state index contributed by atoms with van der Waals surface area (Å²) in [7, 11) is 0. The Labute approximate surface area is 108 Å². The molecule has 0 heterocycles. The molecule has 0 N–H and O–H groups in total. The predicted octanol–water partition coefficient (Wildman–Crippen LogP) is 3.56. The van der Waals surface area contributed by atoms with Gasteiger partial charge in [-0.15, -0.1) is 0 Å². The molecule has 92 valence electrons. The van der Waals surface area contributed by atoms with Gasteiger partial charge in [-0.3, -0.25) is 4.79 Å². The van der Waals surface area contributed by atoms with Crippen molar-refractivity contribution in [2.45, 2.75) is 19.3 Å². The van der Waals surface area contributed by atoms with Crippen LogP contribution in [0.3, 0.4) is 0 Å². The third-order valence-corrected chi connectivity index (χ3v) is 5.46. The van der Waals surface area contributed by atoms with E-state index >= 15 is 0 Å². The zero-order valence-corrected chi connectivity index (χ0v) is 10.5. The third-order valence-electron chi connectivity index (χ3n) is 5.46. The summed E-state index contributed by atoms with van der Waals surface area (Å²) < 4.78 is 0. The molecule has 4 unspecified atom stereocenters. The molecule has 0 amide bonds. The van der Waals surface area contributed by atoms with Crippen molar-refractivity contribution < 1.29 is 4.79 Å². The van der Waals surface area contributed by atoms with Crippen molar-refractivity contribution >= 4 is 11.4 Å². The van der Waals surface area contributed by atoms with Crippen molar-refractivity contribution in [3.63, 3.8) is 0 Å². The van der Waals surface area contributed by atoms with Crippen molar-refractivity contribution in [1.29, 1.82) is 0 Å². The molecule has 0 aliphatic heterocycles. The van der Waals surface area contributed by atoms with E-state index in [2.05, 4.69) is 6.58 Å². The van der Waals surface area contributed by atoms with Crippen LogP contribution < -0.4 is 0 Å². The van der Waals surface area contributed by atoms with Gasteiger partial charge in [-0.05, 0) is 48.5 Å². The van der Waals surface area contributed by atoms with E-state index in [0.717, 1.165) is 34.8 Å². The Morgan fingerprint density at radius 1 is 1.06 bits per heavy atom. The van der Waals surface area contributed by atoms with Crippen LogP contribution in [0.5, 0.6) is 0 Å². The van der Waals surface area contributed by atoms with Gasteiger partial charge in [0.2, 0.25) is 0 Å². The van der Waals surface area contributed by atoms with Gasteiger partial charge in [0.25, 0.3) is 0 Å². The third kappa shape index (κ3) is 1.31. The van der Waals surface area contributed by atoms with Crippen LogP contribution in [0.1, 0.15) is 24.8 Å². The summed E-state index contributed by atoms with van der Waals surface area (Å²) in [6.45, 7) is 4.03. The summed E-state index contributed by atoms with van der Waals surface area (Å²) in [4.78, 5) is 12.5. The van der Waals surface area contributed by atoms with Crippen molar-refractivity contribution in [3.05, 3.63) is 42.5 Å². The molecule has 4 atom stereocenters. The molecule has 18 heavy (non-hydrogen) atoms. The number of Topliss-reactive ketones (excluding diaryl/α,β-unsaturated/α-hetero) is 1. The van der Waals surface area contributed by atoms with Gasteiger partial charge in [-0.25, -0.2) is 0 Å². The highest BCUT2D eigenvalue weighted by Gasteiger charge is 2.67. The second-order valence-corrected chi connectivity index (χ2v) is 6.22. The van der Waals surface area contributed by atoms with E-state index in [4.69, 9.17) is 0 Å². The van der Waals surface area contributed by atoms with Gasteiger partial charge < -0.3 is 0 Å². The van der Waals surface area contributed by atoms with E-state index in [1.807, 2.05) is 30.3 Å². The number of carbonyl (C=O) groups excluding carboxylic acids is 1. The molecule has 2 bridgehead atoms. The fourth-order valence-electron chi connectivity index (χ4n) is 4.66. The van der Waals surface area contributed by atoms with Gasteiger partial charge in [-0.1, -0.05) is 36.9 Å². The van der Waals surface area contributed by atoms with Crippen molar-refractivity contribution in [2.75, 3.05) is 0 Å². The molecule has 0 spiro atoms. The molecule has 3 aliphatic rings. The number of fused-ring (bicyclic) bond motifs is 5. The summed E-state index contributed by atoms with van der Waals surface area (Å²) in [5, 5.41) is 0. The first-order valence-electron chi connectivity index (χ1n) is 7.06. The van der Waals surface area contributed by atoms with Crippen LogP contribution in [0, 0.1) is 29.6 Å². The predicted molar refractivity (Wildman–Crippen MR) is 71.8 cm³/mol. The number of rotatable bonds is 3.